The smallest absolute Gasteiger partial charge is 0.251 e. The molecule has 8 nitrogen and oxygen atoms in total. The number of unbranched alkanes of at least 4 members (excludes halogenated alkanes) is 2. The average molecular weight is 673 g/mol. The number of carbonyl (C=O) groups excluding carboxylic acids is 1. The average Bonchev–Trinajstić information content (AvgIpc) is 3.36. The zero-order chi connectivity index (χ0) is 27.8. The van der Waals surface area contributed by atoms with Crippen LogP contribution < -0.4 is 10.2 Å². The van der Waals surface area contributed by atoms with E-state index in [4.69, 9.17) is 4.98 Å². The fourth-order valence-electron chi connectivity index (χ4n) is 4.56. The summed E-state index contributed by atoms with van der Waals surface area (Å²) in [7, 11) is -3.57. The van der Waals surface area contributed by atoms with E-state index in [1.54, 1.807) is 39.9 Å². The first kappa shape index (κ1) is 32.8. The SMILES string of the molecule is CCCCN(CCCC)S(=O)(=O)c1ccc(C(=O)NCCN2CCN(c3nc4ccc(Br)cc4s3)CC2)cc1.Cl. The van der Waals surface area contributed by atoms with Gasteiger partial charge < -0.3 is 10.2 Å². The number of carbonyl (C=O) groups is 1. The van der Waals surface area contributed by atoms with Gasteiger partial charge >= 0.3 is 0 Å². The van der Waals surface area contributed by atoms with Crippen molar-refractivity contribution in [3.05, 3.63) is 52.5 Å². The summed E-state index contributed by atoms with van der Waals surface area (Å²) in [6, 6.07) is 12.5. The molecule has 220 valence electrons. The molecule has 1 aliphatic heterocycles. The molecule has 0 bridgehead atoms. The molecular formula is C28H39BrClN5O3S2. The van der Waals surface area contributed by atoms with Gasteiger partial charge in [0.15, 0.2) is 5.13 Å². The lowest BCUT2D eigenvalue weighted by Gasteiger charge is -2.34. The number of nitrogens with one attached hydrogen (secondary N) is 1. The third-order valence-electron chi connectivity index (χ3n) is 6.97. The first-order chi connectivity index (χ1) is 18.8. The summed E-state index contributed by atoms with van der Waals surface area (Å²) in [6.45, 7) is 10.1. The number of benzene rings is 2. The van der Waals surface area contributed by atoms with Crippen LogP contribution in [0, 0.1) is 0 Å². The van der Waals surface area contributed by atoms with Gasteiger partial charge in [-0.3, -0.25) is 9.69 Å². The molecule has 1 N–H and O–H groups in total. The Hall–Kier alpha value is -1.76. The molecule has 1 saturated heterocycles. The second kappa shape index (κ2) is 15.5. The van der Waals surface area contributed by atoms with E-state index in [9.17, 15) is 13.2 Å². The molecule has 40 heavy (non-hydrogen) atoms. The van der Waals surface area contributed by atoms with E-state index in [0.29, 0.717) is 25.2 Å². The van der Waals surface area contributed by atoms with Gasteiger partial charge in [-0.05, 0) is 55.3 Å². The normalized spacial score (nSPS) is 14.4. The Bertz CT molecular complexity index is 1340. The number of hydrogen-bond donors (Lipinski definition) is 1. The minimum absolute atomic E-state index is 0. The summed E-state index contributed by atoms with van der Waals surface area (Å²) < 4.78 is 30.1. The van der Waals surface area contributed by atoms with Crippen molar-refractivity contribution in [3.8, 4) is 0 Å². The van der Waals surface area contributed by atoms with Gasteiger partial charge in [0, 0.05) is 62.4 Å². The van der Waals surface area contributed by atoms with Crippen molar-refractivity contribution in [1.82, 2.24) is 19.5 Å². The minimum atomic E-state index is -3.57. The van der Waals surface area contributed by atoms with Crippen molar-refractivity contribution in [1.29, 1.82) is 0 Å². The number of sulfonamides is 1. The number of aromatic nitrogens is 1. The fourth-order valence-corrected chi connectivity index (χ4v) is 7.65. The number of hydrogen-bond acceptors (Lipinski definition) is 7. The number of thiazole rings is 1. The van der Waals surface area contributed by atoms with Crippen LogP contribution >= 0.6 is 39.7 Å². The summed E-state index contributed by atoms with van der Waals surface area (Å²) in [5, 5.41) is 4.04. The van der Waals surface area contributed by atoms with Gasteiger partial charge in [0.2, 0.25) is 10.0 Å². The highest BCUT2D eigenvalue weighted by atomic mass is 79.9. The van der Waals surface area contributed by atoms with Crippen molar-refractivity contribution < 1.29 is 13.2 Å². The lowest BCUT2D eigenvalue weighted by molar-refractivity contribution is 0.0947. The van der Waals surface area contributed by atoms with Crippen LogP contribution in [0.3, 0.4) is 0 Å². The molecule has 1 aliphatic rings. The van der Waals surface area contributed by atoms with E-state index >= 15 is 0 Å². The molecule has 0 atom stereocenters. The molecule has 0 aliphatic carbocycles. The van der Waals surface area contributed by atoms with E-state index < -0.39 is 10.0 Å². The first-order valence-corrected chi connectivity index (χ1v) is 16.8. The summed E-state index contributed by atoms with van der Waals surface area (Å²) in [5.74, 6) is -0.188. The standard InChI is InChI=1S/C28H38BrN5O3S2.ClH/c1-3-5-14-34(15-6-4-2)39(36,37)24-10-7-22(8-11-24)27(35)30-13-16-32-17-19-33(20-18-32)28-31-25-12-9-23(29)21-26(25)38-28;/h7-12,21H,3-6,13-20H2,1-2H3,(H,30,35);1H. The third-order valence-corrected chi connectivity index (χ3v) is 10.5. The molecule has 0 radical (unpaired) electrons. The Kier molecular flexibility index (Phi) is 12.7. The van der Waals surface area contributed by atoms with Crippen LogP contribution in [0.2, 0.25) is 0 Å². The van der Waals surface area contributed by atoms with Crippen LogP contribution in [0.5, 0.6) is 0 Å². The minimum Gasteiger partial charge on any atom is -0.351 e. The van der Waals surface area contributed by atoms with Crippen LogP contribution in [0.1, 0.15) is 49.9 Å². The van der Waals surface area contributed by atoms with Crippen LogP contribution in [0.15, 0.2) is 51.8 Å². The van der Waals surface area contributed by atoms with Crippen LogP contribution in [0.4, 0.5) is 5.13 Å². The highest BCUT2D eigenvalue weighted by Crippen LogP contribution is 2.31. The largest absolute Gasteiger partial charge is 0.351 e. The summed E-state index contributed by atoms with van der Waals surface area (Å²) in [5.41, 5.74) is 1.49. The molecule has 1 amide bonds. The van der Waals surface area contributed by atoms with Gasteiger partial charge in [-0.25, -0.2) is 13.4 Å². The van der Waals surface area contributed by atoms with E-state index in [2.05, 4.69) is 51.0 Å². The van der Waals surface area contributed by atoms with Gasteiger partial charge in [-0.15, -0.1) is 12.4 Å². The van der Waals surface area contributed by atoms with Crippen molar-refractivity contribution >= 4 is 71.0 Å². The molecule has 2 heterocycles. The van der Waals surface area contributed by atoms with Gasteiger partial charge in [-0.1, -0.05) is 54.0 Å². The van der Waals surface area contributed by atoms with Crippen molar-refractivity contribution in [3.63, 3.8) is 0 Å². The van der Waals surface area contributed by atoms with Crippen LogP contribution in [0.25, 0.3) is 10.2 Å². The van der Waals surface area contributed by atoms with Gasteiger partial charge in [-0.2, -0.15) is 4.31 Å². The molecule has 2 aromatic carbocycles. The molecule has 0 unspecified atom stereocenters. The predicted molar refractivity (Wildman–Crippen MR) is 171 cm³/mol. The Balaban J connectivity index is 0.00000441. The Labute approximate surface area is 256 Å². The zero-order valence-corrected chi connectivity index (χ0v) is 27.2. The van der Waals surface area contributed by atoms with E-state index in [1.807, 2.05) is 12.1 Å². The lowest BCUT2D eigenvalue weighted by Crippen LogP contribution is -2.48. The zero-order valence-electron chi connectivity index (χ0n) is 23.1. The van der Waals surface area contributed by atoms with Gasteiger partial charge in [0.1, 0.15) is 0 Å². The van der Waals surface area contributed by atoms with Gasteiger partial charge in [0.05, 0.1) is 15.1 Å². The summed E-state index contributed by atoms with van der Waals surface area (Å²) in [6.07, 6.45) is 3.54. The highest BCUT2D eigenvalue weighted by molar-refractivity contribution is 9.10. The quantitative estimate of drug-likeness (QED) is 0.254. The maximum atomic E-state index is 13.2. The molecule has 4 rings (SSSR count). The molecule has 12 heteroatoms. The Morgan fingerprint density at radius 3 is 2.30 bits per heavy atom. The number of amides is 1. The monoisotopic (exact) mass is 671 g/mol. The maximum absolute atomic E-state index is 13.2. The first-order valence-electron chi connectivity index (χ1n) is 13.7. The summed E-state index contributed by atoms with van der Waals surface area (Å²) >= 11 is 5.25. The van der Waals surface area contributed by atoms with E-state index in [-0.39, 0.29) is 23.2 Å². The second-order valence-electron chi connectivity index (χ2n) is 9.83. The van der Waals surface area contributed by atoms with Crippen LogP contribution in [-0.4, -0.2) is 80.9 Å². The lowest BCUT2D eigenvalue weighted by atomic mass is 10.2. The number of nitrogens with zero attached hydrogens (tertiary/aromatic N) is 4. The Morgan fingerprint density at radius 1 is 1.02 bits per heavy atom. The molecule has 1 fully saturated rings. The van der Waals surface area contributed by atoms with Crippen LogP contribution in [-0.2, 0) is 10.0 Å². The molecule has 0 spiro atoms. The second-order valence-corrected chi connectivity index (χ2v) is 13.7. The number of rotatable bonds is 13. The Morgan fingerprint density at radius 2 is 1.68 bits per heavy atom. The maximum Gasteiger partial charge on any atom is 0.251 e. The fraction of sp³-hybridized carbons (Fsp3) is 0.500. The van der Waals surface area contributed by atoms with Gasteiger partial charge in [0.25, 0.3) is 5.91 Å². The number of anilines is 1. The molecular weight excluding hydrogens is 634 g/mol. The topological polar surface area (TPSA) is 85.8 Å². The number of fused-ring (bicyclic) bond motifs is 1. The van der Waals surface area contributed by atoms with Crippen molar-refractivity contribution in [2.75, 3.05) is 57.3 Å². The van der Waals surface area contributed by atoms with E-state index in [1.165, 1.54) is 4.70 Å². The highest BCUT2D eigenvalue weighted by Gasteiger charge is 2.24. The molecule has 1 aromatic heterocycles. The van der Waals surface area contributed by atoms with Crippen molar-refractivity contribution in [2.45, 2.75) is 44.4 Å². The number of piperazine rings is 1. The molecule has 3 aromatic rings. The van der Waals surface area contributed by atoms with Crippen molar-refractivity contribution in [2.24, 2.45) is 0 Å². The third kappa shape index (κ3) is 8.39. The molecule has 0 saturated carbocycles. The van der Waals surface area contributed by atoms with E-state index in [0.717, 1.165) is 73.5 Å². The predicted octanol–water partition coefficient (Wildman–Crippen LogP) is 5.62. The number of halogens is 2. The summed E-state index contributed by atoms with van der Waals surface area (Å²) in [4.78, 5) is 22.4.